The number of benzene rings is 1. The molecule has 1 aromatic rings. The number of rotatable bonds is 4. The van der Waals surface area contributed by atoms with Crippen molar-refractivity contribution in [3.8, 4) is 0 Å². The van der Waals surface area contributed by atoms with Crippen molar-refractivity contribution in [3.63, 3.8) is 0 Å². The lowest BCUT2D eigenvalue weighted by Crippen LogP contribution is -2.42. The first-order valence-corrected chi connectivity index (χ1v) is 8.61. The molecule has 3 rings (SSSR count). The average molecular weight is 373 g/mol. The molecule has 0 aromatic heterocycles. The van der Waals surface area contributed by atoms with Gasteiger partial charge in [-0.15, -0.1) is 0 Å². The van der Waals surface area contributed by atoms with Gasteiger partial charge in [-0.2, -0.15) is 0 Å². The molecule has 114 valence electrons. The minimum absolute atomic E-state index is 0.318. The molecule has 0 aliphatic carbocycles. The van der Waals surface area contributed by atoms with E-state index in [1.165, 1.54) is 12.8 Å². The number of carboxylic acids is 1. The maximum Gasteiger partial charge on any atom is 0.303 e. The van der Waals surface area contributed by atoms with E-state index in [2.05, 4.69) is 26.9 Å². The lowest BCUT2D eigenvalue weighted by atomic mass is 9.88. The zero-order valence-corrected chi connectivity index (χ0v) is 14.1. The Labute approximate surface area is 138 Å². The van der Waals surface area contributed by atoms with Gasteiger partial charge in [-0.1, -0.05) is 27.5 Å². The van der Waals surface area contributed by atoms with Crippen LogP contribution in [0.1, 0.15) is 37.7 Å². The number of carboxylic acid groups (broad SMARTS) is 1. The second-order valence-electron chi connectivity index (χ2n) is 6.23. The normalized spacial score (nSPS) is 28.8. The van der Waals surface area contributed by atoms with E-state index in [0.29, 0.717) is 24.4 Å². The highest BCUT2D eigenvalue weighted by atomic mass is 79.9. The van der Waals surface area contributed by atoms with Gasteiger partial charge in [0.1, 0.15) is 0 Å². The van der Waals surface area contributed by atoms with Crippen LogP contribution in [-0.2, 0) is 11.3 Å². The summed E-state index contributed by atoms with van der Waals surface area (Å²) in [6, 6.07) is 7.01. The van der Waals surface area contributed by atoms with Crippen LogP contribution in [0.15, 0.2) is 22.7 Å². The molecule has 2 aliphatic heterocycles. The quantitative estimate of drug-likeness (QED) is 0.855. The minimum atomic E-state index is -0.664. The minimum Gasteiger partial charge on any atom is -0.481 e. The molecule has 2 heterocycles. The highest BCUT2D eigenvalue weighted by Crippen LogP contribution is 2.41. The number of aliphatic carboxylic acids is 1. The highest BCUT2D eigenvalue weighted by molar-refractivity contribution is 9.10. The molecular weight excluding hydrogens is 354 g/mol. The van der Waals surface area contributed by atoms with E-state index in [-0.39, 0.29) is 0 Å². The molecule has 2 fully saturated rings. The van der Waals surface area contributed by atoms with Crippen LogP contribution in [0, 0.1) is 5.92 Å². The first-order chi connectivity index (χ1) is 10.0. The summed E-state index contributed by atoms with van der Waals surface area (Å²) in [5, 5.41) is 9.80. The van der Waals surface area contributed by atoms with Gasteiger partial charge in [-0.25, -0.2) is 0 Å². The van der Waals surface area contributed by atoms with Gasteiger partial charge in [0, 0.05) is 34.5 Å². The predicted molar refractivity (Wildman–Crippen MR) is 86.5 cm³/mol. The van der Waals surface area contributed by atoms with Crippen LogP contribution < -0.4 is 0 Å². The summed E-state index contributed by atoms with van der Waals surface area (Å²) in [6.07, 6.45) is 4.71. The van der Waals surface area contributed by atoms with Crippen LogP contribution in [0.5, 0.6) is 0 Å². The van der Waals surface area contributed by atoms with Crippen LogP contribution in [0.4, 0.5) is 0 Å². The molecule has 2 unspecified atom stereocenters. The van der Waals surface area contributed by atoms with Crippen LogP contribution in [0.2, 0.25) is 5.02 Å². The van der Waals surface area contributed by atoms with Crippen LogP contribution >= 0.6 is 27.5 Å². The van der Waals surface area contributed by atoms with Gasteiger partial charge in [0.05, 0.1) is 0 Å². The molecule has 0 spiro atoms. The summed E-state index contributed by atoms with van der Waals surface area (Å²) in [4.78, 5) is 13.5. The van der Waals surface area contributed by atoms with Crippen LogP contribution in [0.25, 0.3) is 0 Å². The molecule has 0 amide bonds. The van der Waals surface area contributed by atoms with E-state index in [9.17, 15) is 4.79 Å². The largest absolute Gasteiger partial charge is 0.481 e. The number of fused-ring (bicyclic) bond motifs is 2. The van der Waals surface area contributed by atoms with E-state index >= 15 is 0 Å². The van der Waals surface area contributed by atoms with E-state index in [0.717, 1.165) is 34.4 Å². The molecular formula is C16H19BrClNO2. The van der Waals surface area contributed by atoms with Gasteiger partial charge in [0.25, 0.3) is 0 Å². The summed E-state index contributed by atoms with van der Waals surface area (Å²) >= 11 is 9.80. The van der Waals surface area contributed by atoms with Gasteiger partial charge >= 0.3 is 5.97 Å². The van der Waals surface area contributed by atoms with Crippen molar-refractivity contribution in [1.82, 2.24) is 4.90 Å². The number of hydrogen-bond donors (Lipinski definition) is 1. The highest BCUT2D eigenvalue weighted by Gasteiger charge is 2.41. The molecule has 1 aromatic carbocycles. The van der Waals surface area contributed by atoms with Crippen molar-refractivity contribution in [2.45, 2.75) is 50.7 Å². The fourth-order valence-corrected chi connectivity index (χ4v) is 4.51. The first kappa shape index (κ1) is 15.3. The van der Waals surface area contributed by atoms with E-state index < -0.39 is 5.97 Å². The van der Waals surface area contributed by atoms with Gasteiger partial charge in [0.15, 0.2) is 0 Å². The fourth-order valence-electron chi connectivity index (χ4n) is 3.92. The monoisotopic (exact) mass is 371 g/mol. The molecule has 2 aliphatic rings. The summed E-state index contributed by atoms with van der Waals surface area (Å²) in [6.45, 7) is 0.868. The maximum absolute atomic E-state index is 10.9. The zero-order valence-electron chi connectivity index (χ0n) is 11.8. The third kappa shape index (κ3) is 3.43. The predicted octanol–water partition coefficient (Wildman–Crippen LogP) is 4.32. The topological polar surface area (TPSA) is 40.5 Å². The number of hydrogen-bond acceptors (Lipinski definition) is 2. The summed E-state index contributed by atoms with van der Waals surface area (Å²) < 4.78 is 1.05. The molecule has 3 nitrogen and oxygen atoms in total. The number of nitrogens with zero attached hydrogens (tertiary/aromatic N) is 1. The van der Waals surface area contributed by atoms with Crippen LogP contribution in [0.3, 0.4) is 0 Å². The Morgan fingerprint density at radius 2 is 2.00 bits per heavy atom. The summed E-state index contributed by atoms with van der Waals surface area (Å²) in [5.41, 5.74) is 1.15. The van der Waals surface area contributed by atoms with Gasteiger partial charge < -0.3 is 5.11 Å². The van der Waals surface area contributed by atoms with Crippen molar-refractivity contribution in [2.24, 2.45) is 5.92 Å². The Bertz CT molecular complexity index is 537. The van der Waals surface area contributed by atoms with Gasteiger partial charge in [-0.05, 0) is 55.4 Å². The summed E-state index contributed by atoms with van der Waals surface area (Å²) in [7, 11) is 0. The second-order valence-corrected chi connectivity index (χ2v) is 7.55. The molecule has 21 heavy (non-hydrogen) atoms. The molecule has 2 atom stereocenters. The standard InChI is InChI=1S/C16H19BrClNO2/c17-12-1-4-15(18)11(8-12)9-19-13-2-3-14(19)6-10(5-13)7-16(20)21/h1,4,8,10,13-14H,2-3,5-7,9H2,(H,20,21). The third-order valence-corrected chi connectivity index (χ3v) is 5.67. The number of carbonyl (C=O) groups is 1. The SMILES string of the molecule is O=C(O)CC1CC2CCC(C1)N2Cc1cc(Br)ccc1Cl. The fraction of sp³-hybridized carbons (Fsp3) is 0.562. The van der Waals surface area contributed by atoms with Crippen LogP contribution in [-0.4, -0.2) is 28.1 Å². The molecule has 2 bridgehead atoms. The molecule has 1 N–H and O–H groups in total. The Kier molecular flexibility index (Phi) is 4.57. The van der Waals surface area contributed by atoms with Crippen molar-refractivity contribution in [1.29, 1.82) is 0 Å². The molecule has 2 saturated heterocycles. The summed E-state index contributed by atoms with van der Waals surface area (Å²) in [5.74, 6) is -0.322. The number of piperidine rings is 1. The number of halogens is 2. The molecule has 0 saturated carbocycles. The van der Waals surface area contributed by atoms with Crippen molar-refractivity contribution in [2.75, 3.05) is 0 Å². The maximum atomic E-state index is 10.9. The zero-order chi connectivity index (χ0) is 15.0. The first-order valence-electron chi connectivity index (χ1n) is 7.44. The van der Waals surface area contributed by atoms with E-state index in [1.54, 1.807) is 0 Å². The third-order valence-electron chi connectivity index (χ3n) is 4.81. The van der Waals surface area contributed by atoms with Crippen molar-refractivity contribution in [3.05, 3.63) is 33.3 Å². The van der Waals surface area contributed by atoms with Gasteiger partial charge in [-0.3, -0.25) is 9.69 Å². The lowest BCUT2D eigenvalue weighted by Gasteiger charge is -2.38. The lowest BCUT2D eigenvalue weighted by molar-refractivity contribution is -0.138. The smallest absolute Gasteiger partial charge is 0.303 e. The molecule has 5 heteroatoms. The Morgan fingerprint density at radius 3 is 2.62 bits per heavy atom. The van der Waals surface area contributed by atoms with E-state index in [4.69, 9.17) is 16.7 Å². The molecule has 0 radical (unpaired) electrons. The Hall–Kier alpha value is -0.580. The van der Waals surface area contributed by atoms with Crippen molar-refractivity contribution >= 4 is 33.5 Å². The van der Waals surface area contributed by atoms with Gasteiger partial charge in [0.2, 0.25) is 0 Å². The van der Waals surface area contributed by atoms with Crippen molar-refractivity contribution < 1.29 is 9.90 Å². The van der Waals surface area contributed by atoms with E-state index in [1.807, 2.05) is 12.1 Å². The Morgan fingerprint density at radius 1 is 1.33 bits per heavy atom. The Balaban J connectivity index is 1.71. The average Bonchev–Trinajstić information content (AvgIpc) is 2.65. The second kappa shape index (κ2) is 6.27.